The van der Waals surface area contributed by atoms with E-state index in [1.165, 1.54) is 6.42 Å². The molecule has 1 aromatic heterocycles. The molecular formula is C21H29NO5S. The van der Waals surface area contributed by atoms with Crippen molar-refractivity contribution in [3.8, 4) is 0 Å². The Morgan fingerprint density at radius 2 is 1.64 bits per heavy atom. The van der Waals surface area contributed by atoms with Gasteiger partial charge in [0.15, 0.2) is 0 Å². The first-order valence-electron chi connectivity index (χ1n) is 10.0. The van der Waals surface area contributed by atoms with Crippen LogP contribution in [0.2, 0.25) is 0 Å². The number of carbonyl (C=O) groups excluding carboxylic acids is 3. The highest BCUT2D eigenvalue weighted by Crippen LogP contribution is 2.49. The second-order valence-corrected chi connectivity index (χ2v) is 9.46. The van der Waals surface area contributed by atoms with Gasteiger partial charge in [-0.05, 0) is 71.3 Å². The molecule has 1 N–H and O–H groups in total. The molecule has 1 amide bonds. The number of ether oxygens (including phenoxy) is 2. The second-order valence-electron chi connectivity index (χ2n) is 8.44. The molecule has 0 radical (unpaired) electrons. The number of fused-ring (bicyclic) bond motifs is 2. The van der Waals surface area contributed by atoms with Crippen LogP contribution in [-0.2, 0) is 14.3 Å². The van der Waals surface area contributed by atoms with Crippen LogP contribution >= 0.6 is 11.3 Å². The number of rotatable bonds is 6. The topological polar surface area (TPSA) is 81.7 Å². The smallest absolute Gasteiger partial charge is 0.348 e. The summed E-state index contributed by atoms with van der Waals surface area (Å²) < 4.78 is 10.7. The summed E-state index contributed by atoms with van der Waals surface area (Å²) in [6.45, 7) is 8.76. The molecule has 0 unspecified atom stereocenters. The summed E-state index contributed by atoms with van der Waals surface area (Å²) >= 11 is 1.09. The van der Waals surface area contributed by atoms with E-state index in [9.17, 15) is 14.4 Å². The lowest BCUT2D eigenvalue weighted by atomic mass is 9.88. The lowest BCUT2D eigenvalue weighted by Crippen LogP contribution is -2.27. The van der Waals surface area contributed by atoms with E-state index in [-0.39, 0.29) is 29.6 Å². The zero-order valence-corrected chi connectivity index (χ0v) is 18.0. The molecule has 0 spiro atoms. The number of hydrogen-bond donors (Lipinski definition) is 1. The summed E-state index contributed by atoms with van der Waals surface area (Å²) in [6.07, 6.45) is 3.77. The van der Waals surface area contributed by atoms with E-state index < -0.39 is 11.9 Å². The van der Waals surface area contributed by atoms with Crippen molar-refractivity contribution in [2.75, 3.05) is 5.32 Å². The van der Waals surface area contributed by atoms with E-state index in [1.807, 2.05) is 0 Å². The predicted molar refractivity (Wildman–Crippen MR) is 108 cm³/mol. The van der Waals surface area contributed by atoms with Gasteiger partial charge in [0.05, 0.1) is 17.8 Å². The highest BCUT2D eigenvalue weighted by molar-refractivity contribution is 7.18. The minimum Gasteiger partial charge on any atom is -0.459 e. The van der Waals surface area contributed by atoms with Crippen LogP contribution in [0.5, 0.6) is 0 Å². The van der Waals surface area contributed by atoms with Crippen LogP contribution < -0.4 is 5.32 Å². The van der Waals surface area contributed by atoms with Crippen molar-refractivity contribution in [1.82, 2.24) is 0 Å². The SMILES string of the molecule is Cc1c(C(=O)OC(C)C)sc(NC(=O)[C@@H]2C[C@H]3CC[C@H]2C3)c1C(=O)OC(C)C. The first-order chi connectivity index (χ1) is 13.2. The van der Waals surface area contributed by atoms with E-state index in [1.54, 1.807) is 34.6 Å². The number of carbonyl (C=O) groups is 3. The molecule has 28 heavy (non-hydrogen) atoms. The molecule has 6 nitrogen and oxygen atoms in total. The maximum absolute atomic E-state index is 12.9. The van der Waals surface area contributed by atoms with Gasteiger partial charge < -0.3 is 14.8 Å². The van der Waals surface area contributed by atoms with Crippen molar-refractivity contribution in [1.29, 1.82) is 0 Å². The van der Waals surface area contributed by atoms with Gasteiger partial charge in [-0.3, -0.25) is 4.79 Å². The maximum atomic E-state index is 12.9. The van der Waals surface area contributed by atoms with Crippen LogP contribution in [0.25, 0.3) is 0 Å². The van der Waals surface area contributed by atoms with Crippen molar-refractivity contribution >= 4 is 34.2 Å². The molecule has 2 bridgehead atoms. The van der Waals surface area contributed by atoms with Gasteiger partial charge in [0.2, 0.25) is 5.91 Å². The van der Waals surface area contributed by atoms with Crippen molar-refractivity contribution < 1.29 is 23.9 Å². The van der Waals surface area contributed by atoms with Crippen LogP contribution in [0.1, 0.15) is 79.0 Å². The molecule has 154 valence electrons. The van der Waals surface area contributed by atoms with E-state index in [0.717, 1.165) is 30.6 Å². The minimum atomic E-state index is -0.532. The van der Waals surface area contributed by atoms with Gasteiger partial charge in [0.1, 0.15) is 9.88 Å². The quantitative estimate of drug-likeness (QED) is 0.699. The Balaban J connectivity index is 1.88. The Kier molecular flexibility index (Phi) is 6.12. The molecule has 1 heterocycles. The predicted octanol–water partition coefficient (Wildman–Crippen LogP) is 4.56. The van der Waals surface area contributed by atoms with Crippen LogP contribution in [0.3, 0.4) is 0 Å². The summed E-state index contributed by atoms with van der Waals surface area (Å²) in [6, 6.07) is 0. The molecule has 0 saturated heterocycles. The normalized spacial score (nSPS) is 23.3. The molecule has 2 aliphatic carbocycles. The Labute approximate surface area is 170 Å². The van der Waals surface area contributed by atoms with Gasteiger partial charge in [-0.1, -0.05) is 6.42 Å². The number of anilines is 1. The molecule has 2 saturated carbocycles. The molecule has 2 fully saturated rings. The van der Waals surface area contributed by atoms with E-state index in [0.29, 0.717) is 27.3 Å². The Morgan fingerprint density at radius 3 is 2.18 bits per heavy atom. The van der Waals surface area contributed by atoms with Crippen LogP contribution in [0.4, 0.5) is 5.00 Å². The maximum Gasteiger partial charge on any atom is 0.348 e. The molecule has 1 aromatic rings. The fraction of sp³-hybridized carbons (Fsp3) is 0.667. The number of hydrogen-bond acceptors (Lipinski definition) is 6. The van der Waals surface area contributed by atoms with Crippen molar-refractivity contribution in [2.45, 2.75) is 72.5 Å². The fourth-order valence-electron chi connectivity index (χ4n) is 4.35. The zero-order chi connectivity index (χ0) is 20.6. The first kappa shape index (κ1) is 20.8. The van der Waals surface area contributed by atoms with Gasteiger partial charge in [-0.25, -0.2) is 9.59 Å². The van der Waals surface area contributed by atoms with Crippen molar-refractivity contribution in [2.24, 2.45) is 17.8 Å². The molecule has 7 heteroatoms. The lowest BCUT2D eigenvalue weighted by molar-refractivity contribution is -0.121. The Morgan fingerprint density at radius 1 is 1.00 bits per heavy atom. The molecule has 2 aliphatic rings. The van der Waals surface area contributed by atoms with Gasteiger partial charge in [0, 0.05) is 5.92 Å². The lowest BCUT2D eigenvalue weighted by Gasteiger charge is -2.20. The van der Waals surface area contributed by atoms with E-state index >= 15 is 0 Å². The van der Waals surface area contributed by atoms with E-state index in [2.05, 4.69) is 5.32 Å². The number of nitrogens with one attached hydrogen (secondary N) is 1. The van der Waals surface area contributed by atoms with Gasteiger partial charge >= 0.3 is 11.9 Å². The standard InChI is InChI=1S/C21H29NO5S/c1-10(2)26-20(24)16-12(5)17(21(25)27-11(3)4)28-19(16)22-18(23)15-9-13-6-7-14(15)8-13/h10-11,13-15H,6-9H2,1-5H3,(H,22,23)/t13-,14-,15+/m0/s1. The summed E-state index contributed by atoms with van der Waals surface area (Å²) in [4.78, 5) is 38.3. The highest BCUT2D eigenvalue weighted by Gasteiger charge is 2.43. The fourth-order valence-corrected chi connectivity index (χ4v) is 5.43. The van der Waals surface area contributed by atoms with E-state index in [4.69, 9.17) is 9.47 Å². The van der Waals surface area contributed by atoms with Crippen LogP contribution in [0, 0.1) is 24.7 Å². The molecular weight excluding hydrogens is 378 g/mol. The largest absolute Gasteiger partial charge is 0.459 e. The van der Waals surface area contributed by atoms with Crippen molar-refractivity contribution in [3.63, 3.8) is 0 Å². The zero-order valence-electron chi connectivity index (χ0n) is 17.2. The molecule has 3 atom stereocenters. The molecule has 0 aromatic carbocycles. The summed E-state index contributed by atoms with van der Waals surface area (Å²) in [5, 5.41) is 3.31. The van der Waals surface area contributed by atoms with Crippen LogP contribution in [0.15, 0.2) is 0 Å². The number of amides is 1. The average molecular weight is 408 g/mol. The third kappa shape index (κ3) is 4.24. The monoisotopic (exact) mass is 407 g/mol. The Hall–Kier alpha value is -1.89. The molecule has 3 rings (SSSR count). The van der Waals surface area contributed by atoms with Gasteiger partial charge in [-0.15, -0.1) is 11.3 Å². The minimum absolute atomic E-state index is 0.0128. The van der Waals surface area contributed by atoms with Crippen LogP contribution in [-0.4, -0.2) is 30.1 Å². The summed E-state index contributed by atoms with van der Waals surface area (Å²) in [5.74, 6) is -0.0144. The molecule has 0 aliphatic heterocycles. The van der Waals surface area contributed by atoms with Gasteiger partial charge in [0.25, 0.3) is 0 Å². The average Bonchev–Trinajstić information content (AvgIpc) is 3.27. The summed E-state index contributed by atoms with van der Waals surface area (Å²) in [7, 11) is 0. The second kappa shape index (κ2) is 8.23. The summed E-state index contributed by atoms with van der Waals surface area (Å²) in [5.41, 5.74) is 0.746. The number of esters is 2. The van der Waals surface area contributed by atoms with Crippen molar-refractivity contribution in [3.05, 3.63) is 16.0 Å². The highest BCUT2D eigenvalue weighted by atomic mass is 32.1. The van der Waals surface area contributed by atoms with Gasteiger partial charge in [-0.2, -0.15) is 0 Å². The third-order valence-corrected chi connectivity index (χ3v) is 6.72. The Bertz CT molecular complexity index is 782. The first-order valence-corrected chi connectivity index (χ1v) is 10.8. The third-order valence-electron chi connectivity index (χ3n) is 5.53. The number of thiophene rings is 1.